The first-order valence-corrected chi connectivity index (χ1v) is 9.05. The van der Waals surface area contributed by atoms with Crippen LogP contribution in [0.3, 0.4) is 0 Å². The third-order valence-electron chi connectivity index (χ3n) is 3.06. The van der Waals surface area contributed by atoms with E-state index in [1.807, 2.05) is 0 Å². The van der Waals surface area contributed by atoms with Crippen LogP contribution in [0.2, 0.25) is 0 Å². The lowest BCUT2D eigenvalue weighted by Crippen LogP contribution is -1.92. The van der Waals surface area contributed by atoms with Gasteiger partial charge in [-0.2, -0.15) is 4.37 Å². The molecular weight excluding hydrogens is 341 g/mol. The first-order valence-electron chi connectivity index (χ1n) is 6.64. The number of benzene rings is 1. The Morgan fingerprint density at radius 2 is 2.05 bits per heavy atom. The zero-order valence-electron chi connectivity index (χ0n) is 11.2. The Labute approximate surface area is 138 Å². The third kappa shape index (κ3) is 3.11. The minimum absolute atomic E-state index is 0.315. The first kappa shape index (κ1) is 14.0. The Balaban J connectivity index is 1.45. The van der Waals surface area contributed by atoms with Gasteiger partial charge in [-0.3, -0.25) is 0 Å². The van der Waals surface area contributed by atoms with Crippen molar-refractivity contribution in [2.45, 2.75) is 27.4 Å². The molecule has 0 spiro atoms. The summed E-state index contributed by atoms with van der Waals surface area (Å²) in [4.78, 5) is 4.50. The van der Waals surface area contributed by atoms with E-state index in [9.17, 15) is 4.39 Å². The Hall–Kier alpha value is -1.58. The summed E-state index contributed by atoms with van der Waals surface area (Å²) in [5.74, 6) is 1.19. The van der Waals surface area contributed by atoms with Crippen LogP contribution in [-0.2, 0) is 0 Å². The van der Waals surface area contributed by atoms with E-state index >= 15 is 0 Å². The summed E-state index contributed by atoms with van der Waals surface area (Å²) in [5.41, 5.74) is 0.391. The fourth-order valence-electron chi connectivity index (χ4n) is 1.82. The second-order valence-electron chi connectivity index (χ2n) is 4.77. The SMILES string of the molecule is Fc1ccccc1Nc1nnc(Sc2nc(C3CC3)ns2)s1. The first-order chi connectivity index (χ1) is 10.8. The maximum Gasteiger partial charge on any atom is 0.210 e. The molecule has 2 heterocycles. The third-order valence-corrected chi connectivity index (χ3v) is 5.72. The van der Waals surface area contributed by atoms with Gasteiger partial charge < -0.3 is 5.32 Å². The van der Waals surface area contributed by atoms with Gasteiger partial charge in [0.15, 0.2) is 8.68 Å². The van der Waals surface area contributed by atoms with Gasteiger partial charge in [0.25, 0.3) is 0 Å². The molecular formula is C13H10FN5S3. The largest absolute Gasteiger partial charge is 0.328 e. The van der Waals surface area contributed by atoms with Gasteiger partial charge in [-0.15, -0.1) is 10.2 Å². The number of nitrogens with zero attached hydrogens (tertiary/aromatic N) is 4. The normalized spacial score (nSPS) is 14.2. The molecule has 22 heavy (non-hydrogen) atoms. The molecule has 4 rings (SSSR count). The van der Waals surface area contributed by atoms with E-state index in [2.05, 4.69) is 24.9 Å². The molecule has 9 heteroatoms. The number of hydrogen-bond donors (Lipinski definition) is 1. The van der Waals surface area contributed by atoms with E-state index in [0.29, 0.717) is 16.7 Å². The van der Waals surface area contributed by atoms with E-state index in [1.165, 1.54) is 53.5 Å². The molecule has 1 aliphatic rings. The number of rotatable bonds is 5. The minimum Gasteiger partial charge on any atom is -0.328 e. The van der Waals surface area contributed by atoms with Crippen LogP contribution in [0.25, 0.3) is 0 Å². The Morgan fingerprint density at radius 3 is 2.86 bits per heavy atom. The predicted octanol–water partition coefficient (Wildman–Crippen LogP) is 4.30. The van der Waals surface area contributed by atoms with Crippen molar-refractivity contribution in [3.8, 4) is 0 Å². The highest BCUT2D eigenvalue weighted by Crippen LogP contribution is 2.41. The van der Waals surface area contributed by atoms with Gasteiger partial charge in [-0.25, -0.2) is 9.37 Å². The quantitative estimate of drug-likeness (QED) is 0.739. The standard InChI is InChI=1S/C13H10FN5S3/c14-8-3-1-2-4-9(8)15-11-17-18-13(20-11)21-12-16-10(19-22-12)7-5-6-7/h1-4,7H,5-6H2,(H,15,17). The maximum absolute atomic E-state index is 13.6. The summed E-state index contributed by atoms with van der Waals surface area (Å²) in [6.45, 7) is 0. The molecule has 1 saturated carbocycles. The van der Waals surface area contributed by atoms with Crippen molar-refractivity contribution < 1.29 is 4.39 Å². The van der Waals surface area contributed by atoms with E-state index in [4.69, 9.17) is 0 Å². The molecule has 0 unspecified atom stereocenters. The van der Waals surface area contributed by atoms with Crippen molar-refractivity contribution in [3.05, 3.63) is 35.9 Å². The highest BCUT2D eigenvalue weighted by atomic mass is 32.2. The van der Waals surface area contributed by atoms with Crippen molar-refractivity contribution in [2.75, 3.05) is 5.32 Å². The topological polar surface area (TPSA) is 63.6 Å². The smallest absolute Gasteiger partial charge is 0.210 e. The molecule has 1 N–H and O–H groups in total. The average Bonchev–Trinajstić information content (AvgIpc) is 3.11. The molecule has 0 saturated heterocycles. The van der Waals surface area contributed by atoms with E-state index in [0.717, 1.165) is 14.5 Å². The van der Waals surface area contributed by atoms with E-state index in [1.54, 1.807) is 18.2 Å². The highest BCUT2D eigenvalue weighted by molar-refractivity contribution is 8.02. The molecule has 112 valence electrons. The lowest BCUT2D eigenvalue weighted by Gasteiger charge is -2.01. The van der Waals surface area contributed by atoms with Gasteiger partial charge in [0.1, 0.15) is 11.6 Å². The second-order valence-corrected chi connectivity index (χ2v) is 8.00. The molecule has 1 aromatic carbocycles. The molecule has 2 aromatic heterocycles. The maximum atomic E-state index is 13.6. The number of nitrogens with one attached hydrogen (secondary N) is 1. The number of para-hydroxylation sites is 1. The summed E-state index contributed by atoms with van der Waals surface area (Å²) >= 11 is 4.20. The lowest BCUT2D eigenvalue weighted by molar-refractivity contribution is 0.632. The Morgan fingerprint density at radius 1 is 1.18 bits per heavy atom. The van der Waals surface area contributed by atoms with Crippen molar-refractivity contribution in [2.24, 2.45) is 0 Å². The highest BCUT2D eigenvalue weighted by Gasteiger charge is 2.28. The van der Waals surface area contributed by atoms with E-state index in [-0.39, 0.29) is 5.82 Å². The summed E-state index contributed by atoms with van der Waals surface area (Å²) in [6.07, 6.45) is 2.38. The molecule has 1 fully saturated rings. The summed E-state index contributed by atoms with van der Waals surface area (Å²) in [7, 11) is 0. The van der Waals surface area contributed by atoms with Gasteiger partial charge in [-0.1, -0.05) is 23.5 Å². The average molecular weight is 351 g/mol. The van der Waals surface area contributed by atoms with Gasteiger partial charge in [0.05, 0.1) is 5.69 Å². The fraction of sp³-hybridized carbons (Fsp3) is 0.231. The van der Waals surface area contributed by atoms with Crippen LogP contribution < -0.4 is 5.32 Å². The van der Waals surface area contributed by atoms with Crippen molar-refractivity contribution >= 4 is 45.5 Å². The zero-order valence-corrected chi connectivity index (χ0v) is 13.6. The molecule has 1 aliphatic carbocycles. The Bertz CT molecular complexity index is 798. The van der Waals surface area contributed by atoms with Crippen LogP contribution in [0, 0.1) is 5.82 Å². The van der Waals surface area contributed by atoms with Crippen LogP contribution >= 0.6 is 34.6 Å². The molecule has 0 aliphatic heterocycles. The summed E-state index contributed by atoms with van der Waals surface area (Å²) < 4.78 is 19.6. The van der Waals surface area contributed by atoms with Crippen LogP contribution in [-0.4, -0.2) is 19.6 Å². The van der Waals surface area contributed by atoms with Crippen LogP contribution in [0.5, 0.6) is 0 Å². The number of aromatic nitrogens is 4. The minimum atomic E-state index is -0.315. The number of hydrogen-bond acceptors (Lipinski definition) is 8. The van der Waals surface area contributed by atoms with Crippen molar-refractivity contribution in [1.82, 2.24) is 19.6 Å². The molecule has 0 atom stereocenters. The predicted molar refractivity (Wildman–Crippen MR) is 85.6 cm³/mol. The van der Waals surface area contributed by atoms with Crippen molar-refractivity contribution in [3.63, 3.8) is 0 Å². The zero-order chi connectivity index (χ0) is 14.9. The molecule has 5 nitrogen and oxygen atoms in total. The monoisotopic (exact) mass is 351 g/mol. The number of halogens is 1. The Kier molecular flexibility index (Phi) is 3.77. The van der Waals surface area contributed by atoms with E-state index < -0.39 is 0 Å². The van der Waals surface area contributed by atoms with Crippen LogP contribution in [0.1, 0.15) is 24.6 Å². The number of anilines is 2. The molecule has 0 radical (unpaired) electrons. The summed E-state index contributed by atoms with van der Waals surface area (Å²) in [6, 6.07) is 6.48. The van der Waals surface area contributed by atoms with Gasteiger partial charge in [-0.05, 0) is 48.3 Å². The van der Waals surface area contributed by atoms with Gasteiger partial charge >= 0.3 is 0 Å². The summed E-state index contributed by atoms with van der Waals surface area (Å²) in [5, 5.41) is 11.6. The van der Waals surface area contributed by atoms with Crippen LogP contribution in [0.4, 0.5) is 15.2 Å². The molecule has 0 amide bonds. The van der Waals surface area contributed by atoms with Crippen LogP contribution in [0.15, 0.2) is 32.9 Å². The van der Waals surface area contributed by atoms with Gasteiger partial charge in [0, 0.05) is 5.92 Å². The van der Waals surface area contributed by atoms with Crippen molar-refractivity contribution in [1.29, 1.82) is 0 Å². The lowest BCUT2D eigenvalue weighted by atomic mass is 10.3. The molecule has 0 bridgehead atoms. The second kappa shape index (κ2) is 5.90. The van der Waals surface area contributed by atoms with Gasteiger partial charge in [0.2, 0.25) is 5.13 Å². The molecule has 3 aromatic rings. The fourth-order valence-corrected chi connectivity index (χ4v) is 4.47.